The summed E-state index contributed by atoms with van der Waals surface area (Å²) in [6.45, 7) is 4.29. The number of hydrogen-bond acceptors (Lipinski definition) is 3. The Morgan fingerprint density at radius 1 is 1.14 bits per heavy atom. The van der Waals surface area contributed by atoms with Crippen LogP contribution in [-0.4, -0.2) is 13.7 Å². The largest absolute Gasteiger partial charge is 0.493 e. The van der Waals surface area contributed by atoms with Crippen molar-refractivity contribution >= 4 is 11.6 Å². The Morgan fingerprint density at radius 2 is 1.91 bits per heavy atom. The third-order valence-corrected chi connectivity index (χ3v) is 3.50. The van der Waals surface area contributed by atoms with Gasteiger partial charge in [0.2, 0.25) is 0 Å². The van der Waals surface area contributed by atoms with Crippen LogP contribution < -0.4 is 14.8 Å². The summed E-state index contributed by atoms with van der Waals surface area (Å²) in [5.41, 5.74) is 2.13. The highest BCUT2D eigenvalue weighted by Crippen LogP contribution is 2.35. The number of rotatable bonds is 8. The molecule has 0 aliphatic rings. The highest BCUT2D eigenvalue weighted by Gasteiger charge is 2.13. The Labute approximate surface area is 137 Å². The van der Waals surface area contributed by atoms with E-state index in [9.17, 15) is 0 Å². The van der Waals surface area contributed by atoms with Crippen molar-refractivity contribution in [3.8, 4) is 11.5 Å². The van der Waals surface area contributed by atoms with Crippen molar-refractivity contribution in [2.45, 2.75) is 26.5 Å². The summed E-state index contributed by atoms with van der Waals surface area (Å²) in [4.78, 5) is 0. The fourth-order valence-corrected chi connectivity index (χ4v) is 2.43. The van der Waals surface area contributed by atoms with Gasteiger partial charge in [0.1, 0.15) is 6.61 Å². The van der Waals surface area contributed by atoms with Gasteiger partial charge in [-0.05, 0) is 24.6 Å². The van der Waals surface area contributed by atoms with E-state index in [2.05, 4.69) is 12.2 Å². The second-order valence-corrected chi connectivity index (χ2v) is 5.48. The van der Waals surface area contributed by atoms with Gasteiger partial charge in [0, 0.05) is 23.2 Å². The summed E-state index contributed by atoms with van der Waals surface area (Å²) < 4.78 is 11.4. The first-order chi connectivity index (χ1) is 10.7. The Balaban J connectivity index is 2.18. The lowest BCUT2D eigenvalue weighted by Crippen LogP contribution is -2.15. The maximum absolute atomic E-state index is 6.17. The number of methoxy groups -OCH3 is 1. The van der Waals surface area contributed by atoms with Gasteiger partial charge in [0.05, 0.1) is 7.11 Å². The van der Waals surface area contributed by atoms with Gasteiger partial charge in [0.25, 0.3) is 0 Å². The first-order valence-corrected chi connectivity index (χ1v) is 7.86. The molecule has 0 fully saturated rings. The molecule has 2 rings (SSSR count). The minimum absolute atomic E-state index is 0.500. The molecule has 22 heavy (non-hydrogen) atoms. The summed E-state index contributed by atoms with van der Waals surface area (Å²) >= 11 is 6.17. The molecule has 0 radical (unpaired) electrons. The van der Waals surface area contributed by atoms with E-state index in [0.717, 1.165) is 29.8 Å². The molecule has 0 saturated carbocycles. The molecule has 1 N–H and O–H groups in total. The minimum Gasteiger partial charge on any atom is -0.493 e. The second kappa shape index (κ2) is 8.66. The molecule has 0 aromatic heterocycles. The van der Waals surface area contributed by atoms with Gasteiger partial charge in [-0.2, -0.15) is 0 Å². The quantitative estimate of drug-likeness (QED) is 0.730. The number of ether oxygens (including phenoxy) is 2. The maximum atomic E-state index is 6.17. The van der Waals surface area contributed by atoms with Crippen molar-refractivity contribution in [2.75, 3.05) is 13.7 Å². The van der Waals surface area contributed by atoms with Crippen LogP contribution in [0.5, 0.6) is 11.5 Å². The van der Waals surface area contributed by atoms with Crippen molar-refractivity contribution in [3.63, 3.8) is 0 Å². The van der Waals surface area contributed by atoms with Crippen LogP contribution in [0.3, 0.4) is 0 Å². The average molecular weight is 320 g/mol. The van der Waals surface area contributed by atoms with Crippen molar-refractivity contribution in [2.24, 2.45) is 0 Å². The van der Waals surface area contributed by atoms with Gasteiger partial charge < -0.3 is 14.8 Å². The van der Waals surface area contributed by atoms with Crippen LogP contribution in [-0.2, 0) is 13.2 Å². The molecule has 4 heteroatoms. The van der Waals surface area contributed by atoms with E-state index < -0.39 is 0 Å². The molecule has 2 aromatic rings. The summed E-state index contributed by atoms with van der Waals surface area (Å²) in [5, 5.41) is 4.02. The van der Waals surface area contributed by atoms with Crippen molar-refractivity contribution in [1.29, 1.82) is 0 Å². The lowest BCUT2D eigenvalue weighted by molar-refractivity contribution is 0.280. The van der Waals surface area contributed by atoms with Crippen LogP contribution in [0, 0.1) is 0 Å². The Morgan fingerprint density at radius 3 is 2.59 bits per heavy atom. The third-order valence-electron chi connectivity index (χ3n) is 3.28. The average Bonchev–Trinajstić information content (AvgIpc) is 2.54. The van der Waals surface area contributed by atoms with E-state index in [-0.39, 0.29) is 0 Å². The highest BCUT2D eigenvalue weighted by molar-refractivity contribution is 6.30. The molecule has 0 unspecified atom stereocenters. The Hall–Kier alpha value is -1.71. The second-order valence-electron chi connectivity index (χ2n) is 5.05. The van der Waals surface area contributed by atoms with E-state index in [0.29, 0.717) is 23.9 Å². The van der Waals surface area contributed by atoms with Crippen LogP contribution in [0.1, 0.15) is 24.5 Å². The smallest absolute Gasteiger partial charge is 0.166 e. The van der Waals surface area contributed by atoms with Crippen LogP contribution >= 0.6 is 11.6 Å². The van der Waals surface area contributed by atoms with Gasteiger partial charge in [-0.1, -0.05) is 48.9 Å². The zero-order chi connectivity index (χ0) is 15.8. The molecule has 0 spiro atoms. The number of halogens is 1. The zero-order valence-electron chi connectivity index (χ0n) is 13.1. The van der Waals surface area contributed by atoms with E-state index >= 15 is 0 Å². The molecule has 2 aromatic carbocycles. The molecule has 0 heterocycles. The summed E-state index contributed by atoms with van der Waals surface area (Å²) in [7, 11) is 1.63. The van der Waals surface area contributed by atoms with Crippen LogP contribution in [0.4, 0.5) is 0 Å². The molecule has 0 amide bonds. The maximum Gasteiger partial charge on any atom is 0.166 e. The molecule has 0 aliphatic heterocycles. The van der Waals surface area contributed by atoms with E-state index in [4.69, 9.17) is 21.1 Å². The van der Waals surface area contributed by atoms with Crippen molar-refractivity contribution < 1.29 is 9.47 Å². The lowest BCUT2D eigenvalue weighted by Gasteiger charge is -2.16. The zero-order valence-corrected chi connectivity index (χ0v) is 13.8. The monoisotopic (exact) mass is 319 g/mol. The first-order valence-electron chi connectivity index (χ1n) is 7.48. The molecular weight excluding hydrogens is 298 g/mol. The molecule has 3 nitrogen and oxygen atoms in total. The van der Waals surface area contributed by atoms with Crippen LogP contribution in [0.15, 0.2) is 42.5 Å². The molecule has 118 valence electrons. The van der Waals surface area contributed by atoms with Gasteiger partial charge >= 0.3 is 0 Å². The summed E-state index contributed by atoms with van der Waals surface area (Å²) in [6, 6.07) is 13.8. The van der Waals surface area contributed by atoms with Crippen LogP contribution in [0.25, 0.3) is 0 Å². The lowest BCUT2D eigenvalue weighted by atomic mass is 10.1. The number of nitrogens with one attached hydrogen (secondary N) is 1. The summed E-state index contributed by atoms with van der Waals surface area (Å²) in [5.74, 6) is 1.41. The van der Waals surface area contributed by atoms with E-state index in [1.54, 1.807) is 13.2 Å². The van der Waals surface area contributed by atoms with Crippen LogP contribution in [0.2, 0.25) is 5.02 Å². The van der Waals surface area contributed by atoms with Crippen molar-refractivity contribution in [3.05, 3.63) is 58.6 Å². The van der Waals surface area contributed by atoms with Gasteiger partial charge in [0.15, 0.2) is 11.5 Å². The topological polar surface area (TPSA) is 30.5 Å². The number of benzene rings is 2. The van der Waals surface area contributed by atoms with E-state index in [1.807, 2.05) is 36.4 Å². The third kappa shape index (κ3) is 4.65. The SMILES string of the molecule is CCCNCc1cc(Cl)cc(OC)c1OCc1ccccc1. The summed E-state index contributed by atoms with van der Waals surface area (Å²) in [6.07, 6.45) is 1.08. The number of hydrogen-bond donors (Lipinski definition) is 1. The molecular formula is C18H22ClNO2. The molecule has 0 saturated heterocycles. The molecule has 0 aliphatic carbocycles. The predicted octanol–water partition coefficient (Wildman–Crippen LogP) is 4.43. The van der Waals surface area contributed by atoms with Crippen molar-refractivity contribution in [1.82, 2.24) is 5.32 Å². The fraction of sp³-hybridized carbons (Fsp3) is 0.333. The standard InChI is InChI=1S/C18H22ClNO2/c1-3-9-20-12-15-10-16(19)11-17(21-2)18(15)22-13-14-7-5-4-6-8-14/h4-8,10-11,20H,3,9,12-13H2,1-2H3. The van der Waals surface area contributed by atoms with Gasteiger partial charge in [-0.25, -0.2) is 0 Å². The first kappa shape index (κ1) is 16.7. The van der Waals surface area contributed by atoms with Gasteiger partial charge in [-0.3, -0.25) is 0 Å². The fourth-order valence-electron chi connectivity index (χ4n) is 2.20. The van der Waals surface area contributed by atoms with Gasteiger partial charge in [-0.15, -0.1) is 0 Å². The molecule has 0 atom stereocenters. The minimum atomic E-state index is 0.500. The van der Waals surface area contributed by atoms with E-state index in [1.165, 1.54) is 0 Å². The normalized spacial score (nSPS) is 10.5. The highest BCUT2D eigenvalue weighted by atomic mass is 35.5. The predicted molar refractivity (Wildman–Crippen MR) is 90.8 cm³/mol. The Kier molecular flexibility index (Phi) is 6.56. The Bertz CT molecular complexity index is 587. The molecule has 0 bridgehead atoms.